The van der Waals surface area contributed by atoms with E-state index in [1.807, 2.05) is 0 Å². The first-order chi connectivity index (χ1) is 9.46. The number of carbonyl (C=O) groups excluding carboxylic acids is 1. The molecule has 9 heteroatoms. The number of hydrogen-bond acceptors (Lipinski definition) is 3. The molecule has 0 aliphatic carbocycles. The summed E-state index contributed by atoms with van der Waals surface area (Å²) in [7, 11) is 0.992. The van der Waals surface area contributed by atoms with Gasteiger partial charge in [0.25, 0.3) is 0 Å². The van der Waals surface area contributed by atoms with Crippen LogP contribution in [0.5, 0.6) is 0 Å². The Balaban J connectivity index is 3.32. The molecule has 118 valence electrons. The third-order valence-electron chi connectivity index (χ3n) is 2.70. The number of methoxy groups -OCH3 is 1. The lowest BCUT2D eigenvalue weighted by atomic mass is 9.95. The van der Waals surface area contributed by atoms with Gasteiger partial charge in [-0.25, -0.2) is 0 Å². The lowest BCUT2D eigenvalue weighted by molar-refractivity contribution is -0.143. The number of alkyl halides is 6. The first-order valence-corrected chi connectivity index (χ1v) is 5.57. The molecular weight excluding hydrogens is 304 g/mol. The van der Waals surface area contributed by atoms with Crippen LogP contribution in [0.4, 0.5) is 26.3 Å². The highest BCUT2D eigenvalue weighted by Gasteiger charge is 2.38. The summed E-state index contributed by atoms with van der Waals surface area (Å²) in [6.07, 6.45) is -10.4. The van der Waals surface area contributed by atoms with Crippen molar-refractivity contribution in [3.05, 3.63) is 34.9 Å². The van der Waals surface area contributed by atoms with Gasteiger partial charge in [0.05, 0.1) is 24.7 Å². The first-order valence-electron chi connectivity index (χ1n) is 5.57. The smallest absolute Gasteiger partial charge is 0.416 e. The van der Waals surface area contributed by atoms with Gasteiger partial charge in [0, 0.05) is 6.04 Å². The Kier molecular flexibility index (Phi) is 4.87. The van der Waals surface area contributed by atoms with Gasteiger partial charge in [-0.1, -0.05) is 0 Å². The molecule has 0 aliphatic heterocycles. The van der Waals surface area contributed by atoms with Crippen molar-refractivity contribution in [2.75, 3.05) is 7.11 Å². The molecule has 0 unspecified atom stereocenters. The van der Waals surface area contributed by atoms with Crippen LogP contribution in [0.15, 0.2) is 18.2 Å². The van der Waals surface area contributed by atoms with E-state index in [4.69, 9.17) is 5.73 Å². The molecule has 0 saturated heterocycles. The van der Waals surface area contributed by atoms with Crippen molar-refractivity contribution >= 4 is 5.97 Å². The summed E-state index contributed by atoms with van der Waals surface area (Å²) in [5.74, 6) is -0.923. The standard InChI is InChI=1S/C12H11F6NO2/c1-21-10(20)5-9(19)7-4-6(11(13,14)15)2-3-8(7)12(16,17)18/h2-4,9H,5,19H2,1H3/t9-/m0/s1. The van der Waals surface area contributed by atoms with Crippen LogP contribution in [0.1, 0.15) is 29.2 Å². The van der Waals surface area contributed by atoms with E-state index in [1.165, 1.54) is 0 Å². The van der Waals surface area contributed by atoms with Crippen LogP contribution in [0, 0.1) is 0 Å². The van der Waals surface area contributed by atoms with Gasteiger partial charge in [-0.2, -0.15) is 26.3 Å². The zero-order valence-electron chi connectivity index (χ0n) is 10.7. The van der Waals surface area contributed by atoms with E-state index < -0.39 is 47.5 Å². The fourth-order valence-electron chi connectivity index (χ4n) is 1.68. The lowest BCUT2D eigenvalue weighted by Gasteiger charge is -2.19. The number of benzene rings is 1. The molecule has 2 N–H and O–H groups in total. The maximum absolute atomic E-state index is 12.8. The fraction of sp³-hybridized carbons (Fsp3) is 0.417. The highest BCUT2D eigenvalue weighted by atomic mass is 19.4. The van der Waals surface area contributed by atoms with Gasteiger partial charge >= 0.3 is 18.3 Å². The molecule has 21 heavy (non-hydrogen) atoms. The van der Waals surface area contributed by atoms with Crippen molar-refractivity contribution < 1.29 is 35.9 Å². The number of esters is 1. The third-order valence-corrected chi connectivity index (χ3v) is 2.70. The molecule has 0 saturated carbocycles. The second-order valence-electron chi connectivity index (χ2n) is 4.18. The molecule has 0 aromatic heterocycles. The summed E-state index contributed by atoms with van der Waals surface area (Å²) in [5, 5.41) is 0. The molecule has 0 amide bonds. The van der Waals surface area contributed by atoms with Crippen LogP contribution in [-0.2, 0) is 21.9 Å². The highest BCUT2D eigenvalue weighted by molar-refractivity contribution is 5.70. The molecule has 1 aromatic rings. The average Bonchev–Trinajstić information content (AvgIpc) is 2.35. The van der Waals surface area contributed by atoms with Crippen LogP contribution < -0.4 is 5.73 Å². The predicted octanol–water partition coefficient (Wildman–Crippen LogP) is 3.29. The van der Waals surface area contributed by atoms with Crippen molar-refractivity contribution in [3.8, 4) is 0 Å². The van der Waals surface area contributed by atoms with Gasteiger partial charge in [0.15, 0.2) is 0 Å². The van der Waals surface area contributed by atoms with E-state index in [0.29, 0.717) is 18.2 Å². The minimum Gasteiger partial charge on any atom is -0.469 e. The van der Waals surface area contributed by atoms with Crippen LogP contribution in [-0.4, -0.2) is 13.1 Å². The van der Waals surface area contributed by atoms with Gasteiger partial charge < -0.3 is 10.5 Å². The SMILES string of the molecule is COC(=O)C[C@H](N)c1cc(C(F)(F)F)ccc1C(F)(F)F. The molecule has 0 heterocycles. The van der Waals surface area contributed by atoms with Gasteiger partial charge in [0.1, 0.15) is 0 Å². The van der Waals surface area contributed by atoms with Crippen LogP contribution in [0.2, 0.25) is 0 Å². The average molecular weight is 315 g/mol. The van der Waals surface area contributed by atoms with E-state index in [9.17, 15) is 31.1 Å². The van der Waals surface area contributed by atoms with Crippen LogP contribution >= 0.6 is 0 Å². The molecule has 1 atom stereocenters. The Morgan fingerprint density at radius 2 is 1.76 bits per heavy atom. The lowest BCUT2D eigenvalue weighted by Crippen LogP contribution is -2.22. The van der Waals surface area contributed by atoms with Gasteiger partial charge in [0.2, 0.25) is 0 Å². The summed E-state index contributed by atoms with van der Waals surface area (Å²) in [6, 6.07) is -0.639. The largest absolute Gasteiger partial charge is 0.469 e. The summed E-state index contributed by atoms with van der Waals surface area (Å²) in [5.41, 5.74) is 2.02. The highest BCUT2D eigenvalue weighted by Crippen LogP contribution is 2.38. The fourth-order valence-corrected chi connectivity index (χ4v) is 1.68. The summed E-state index contributed by atoms with van der Waals surface area (Å²) in [4.78, 5) is 11.0. The number of ether oxygens (including phenoxy) is 1. The number of halogens is 6. The minimum atomic E-state index is -4.88. The molecule has 0 spiro atoms. The molecule has 1 aromatic carbocycles. The van der Waals surface area contributed by atoms with E-state index in [2.05, 4.69) is 4.74 Å². The van der Waals surface area contributed by atoms with Gasteiger partial charge in [-0.3, -0.25) is 4.79 Å². The Hall–Kier alpha value is -1.77. The number of hydrogen-bond donors (Lipinski definition) is 1. The van der Waals surface area contributed by atoms with Gasteiger partial charge in [-0.15, -0.1) is 0 Å². The maximum Gasteiger partial charge on any atom is 0.416 e. The zero-order valence-corrected chi connectivity index (χ0v) is 10.7. The van der Waals surface area contributed by atoms with E-state index in [-0.39, 0.29) is 0 Å². The molecule has 1 rings (SSSR count). The Morgan fingerprint density at radius 1 is 1.19 bits per heavy atom. The quantitative estimate of drug-likeness (QED) is 0.688. The minimum absolute atomic E-state index is 0.301. The number of carbonyl (C=O) groups is 1. The summed E-state index contributed by atoms with van der Waals surface area (Å²) >= 11 is 0. The van der Waals surface area contributed by atoms with E-state index in [0.717, 1.165) is 7.11 Å². The molecule has 0 radical (unpaired) electrons. The van der Waals surface area contributed by atoms with Crippen molar-refractivity contribution in [2.45, 2.75) is 24.8 Å². The summed E-state index contributed by atoms with van der Waals surface area (Å²) in [6.45, 7) is 0. The second kappa shape index (κ2) is 5.92. The van der Waals surface area contributed by atoms with Crippen molar-refractivity contribution in [2.24, 2.45) is 5.73 Å². The first kappa shape index (κ1) is 17.3. The number of nitrogens with two attached hydrogens (primary N) is 1. The van der Waals surface area contributed by atoms with E-state index >= 15 is 0 Å². The zero-order chi connectivity index (χ0) is 16.4. The predicted molar refractivity (Wildman–Crippen MR) is 60.0 cm³/mol. The Bertz CT molecular complexity index is 523. The van der Waals surface area contributed by atoms with Crippen molar-refractivity contribution in [1.82, 2.24) is 0 Å². The van der Waals surface area contributed by atoms with Crippen LogP contribution in [0.25, 0.3) is 0 Å². The van der Waals surface area contributed by atoms with E-state index in [1.54, 1.807) is 0 Å². The molecule has 3 nitrogen and oxygen atoms in total. The maximum atomic E-state index is 12.8. The number of rotatable bonds is 3. The molecule has 0 aliphatic rings. The normalized spacial score (nSPS) is 13.9. The molecule has 0 fully saturated rings. The van der Waals surface area contributed by atoms with Crippen molar-refractivity contribution in [3.63, 3.8) is 0 Å². The monoisotopic (exact) mass is 315 g/mol. The molecule has 0 bridgehead atoms. The molecular formula is C12H11F6NO2. The van der Waals surface area contributed by atoms with Crippen LogP contribution in [0.3, 0.4) is 0 Å². The topological polar surface area (TPSA) is 52.3 Å². The second-order valence-corrected chi connectivity index (χ2v) is 4.18. The summed E-state index contributed by atoms with van der Waals surface area (Å²) < 4.78 is 80.4. The third kappa shape index (κ3) is 4.35. The Labute approximate surface area is 115 Å². The van der Waals surface area contributed by atoms with Crippen molar-refractivity contribution in [1.29, 1.82) is 0 Å². The Morgan fingerprint density at radius 3 is 2.19 bits per heavy atom. The van der Waals surface area contributed by atoms with Gasteiger partial charge in [-0.05, 0) is 23.8 Å².